The zero-order chi connectivity index (χ0) is 24.7. The van der Waals surface area contributed by atoms with Crippen LogP contribution < -0.4 is 21.7 Å². The Kier molecular flexibility index (Phi) is 8.98. The van der Waals surface area contributed by atoms with Crippen molar-refractivity contribution in [3.8, 4) is 0 Å². The highest BCUT2D eigenvalue weighted by Crippen LogP contribution is 2.19. The Labute approximate surface area is 192 Å². The molecule has 3 atom stereocenters. The standard InChI is InChI=1S/C23H33N5O5/c1-12(2)19(27-18(29)10-24)22(31)28-20(13(3)4)21(30)26-17(23(32)33)9-14-11-25-16-8-6-5-7-15(14)16/h5-8,11-13,17,19-20,25H,9-10,24H2,1-4H3,(H,26,30)(H,27,29)(H,28,31)(H,32,33). The number of hydrogen-bond donors (Lipinski definition) is 6. The molecule has 2 aromatic rings. The number of carbonyl (C=O) groups excluding carboxylic acids is 3. The van der Waals surface area contributed by atoms with Gasteiger partial charge in [-0.1, -0.05) is 45.9 Å². The first kappa shape index (κ1) is 25.9. The number of amides is 3. The van der Waals surface area contributed by atoms with Crippen LogP contribution >= 0.6 is 0 Å². The van der Waals surface area contributed by atoms with Gasteiger partial charge in [-0.2, -0.15) is 0 Å². The van der Waals surface area contributed by atoms with Crippen LogP contribution in [0.5, 0.6) is 0 Å². The number of nitrogens with two attached hydrogens (primary N) is 1. The molecule has 33 heavy (non-hydrogen) atoms. The van der Waals surface area contributed by atoms with Gasteiger partial charge in [0.05, 0.1) is 6.54 Å². The Morgan fingerprint density at radius 1 is 0.939 bits per heavy atom. The van der Waals surface area contributed by atoms with E-state index in [1.54, 1.807) is 33.9 Å². The third kappa shape index (κ3) is 6.79. The van der Waals surface area contributed by atoms with Crippen molar-refractivity contribution >= 4 is 34.6 Å². The van der Waals surface area contributed by atoms with E-state index in [0.717, 1.165) is 16.5 Å². The number of rotatable bonds is 11. The Balaban J connectivity index is 2.15. The van der Waals surface area contributed by atoms with Crippen LogP contribution in [0.1, 0.15) is 33.3 Å². The predicted octanol–water partition coefficient (Wildman–Crippen LogP) is 0.520. The Hall–Kier alpha value is -3.40. The molecule has 0 fully saturated rings. The molecule has 0 saturated heterocycles. The Morgan fingerprint density at radius 3 is 2.09 bits per heavy atom. The van der Waals surface area contributed by atoms with Crippen LogP contribution in [-0.2, 0) is 25.6 Å². The van der Waals surface area contributed by atoms with E-state index >= 15 is 0 Å². The minimum Gasteiger partial charge on any atom is -0.480 e. The van der Waals surface area contributed by atoms with Crippen molar-refractivity contribution in [1.82, 2.24) is 20.9 Å². The van der Waals surface area contributed by atoms with Gasteiger partial charge in [0.25, 0.3) is 0 Å². The zero-order valence-electron chi connectivity index (χ0n) is 19.3. The number of benzene rings is 1. The maximum absolute atomic E-state index is 13.0. The van der Waals surface area contributed by atoms with Crippen LogP contribution in [-0.4, -0.2) is 58.5 Å². The molecule has 3 amide bonds. The summed E-state index contributed by atoms with van der Waals surface area (Å²) in [6, 6.07) is 4.43. The lowest BCUT2D eigenvalue weighted by Gasteiger charge is -2.28. The van der Waals surface area contributed by atoms with Crippen LogP contribution in [0.3, 0.4) is 0 Å². The number of para-hydroxylation sites is 1. The molecule has 1 heterocycles. The Bertz CT molecular complexity index is 1000. The number of H-pyrrole nitrogens is 1. The molecule has 1 aromatic heterocycles. The minimum absolute atomic E-state index is 0.0744. The van der Waals surface area contributed by atoms with E-state index in [9.17, 15) is 24.3 Å². The van der Waals surface area contributed by atoms with E-state index in [1.807, 2.05) is 24.3 Å². The number of carboxylic acid groups (broad SMARTS) is 1. The first-order valence-electron chi connectivity index (χ1n) is 10.9. The average molecular weight is 460 g/mol. The lowest BCUT2D eigenvalue weighted by molar-refractivity contribution is -0.142. The molecular weight excluding hydrogens is 426 g/mol. The number of nitrogens with one attached hydrogen (secondary N) is 4. The molecule has 0 spiro atoms. The second-order valence-electron chi connectivity index (χ2n) is 8.69. The quantitative estimate of drug-likeness (QED) is 0.286. The second kappa shape index (κ2) is 11.5. The first-order chi connectivity index (χ1) is 15.5. The lowest BCUT2D eigenvalue weighted by Crippen LogP contribution is -2.59. The first-order valence-corrected chi connectivity index (χ1v) is 10.9. The molecule has 10 heteroatoms. The van der Waals surface area contributed by atoms with Gasteiger partial charge in [0.2, 0.25) is 17.7 Å². The maximum Gasteiger partial charge on any atom is 0.326 e. The van der Waals surface area contributed by atoms with Crippen molar-refractivity contribution in [3.63, 3.8) is 0 Å². The van der Waals surface area contributed by atoms with Crippen molar-refractivity contribution < 1.29 is 24.3 Å². The van der Waals surface area contributed by atoms with Gasteiger partial charge in [-0.25, -0.2) is 4.79 Å². The molecule has 1 aromatic carbocycles. The van der Waals surface area contributed by atoms with Crippen LogP contribution in [0, 0.1) is 11.8 Å². The van der Waals surface area contributed by atoms with Crippen molar-refractivity contribution in [2.75, 3.05) is 6.54 Å². The molecule has 3 unspecified atom stereocenters. The average Bonchev–Trinajstić information content (AvgIpc) is 3.17. The van der Waals surface area contributed by atoms with Gasteiger partial charge in [0.15, 0.2) is 0 Å². The van der Waals surface area contributed by atoms with Gasteiger partial charge >= 0.3 is 5.97 Å². The summed E-state index contributed by atoms with van der Waals surface area (Å²) >= 11 is 0. The number of aromatic amines is 1. The summed E-state index contributed by atoms with van der Waals surface area (Å²) < 4.78 is 0. The fraction of sp³-hybridized carbons (Fsp3) is 0.478. The largest absolute Gasteiger partial charge is 0.480 e. The van der Waals surface area contributed by atoms with E-state index < -0.39 is 41.8 Å². The second-order valence-corrected chi connectivity index (χ2v) is 8.69. The van der Waals surface area contributed by atoms with Crippen LogP contribution in [0.25, 0.3) is 10.9 Å². The van der Waals surface area contributed by atoms with E-state index in [-0.39, 0.29) is 24.8 Å². The topological polar surface area (TPSA) is 166 Å². The summed E-state index contributed by atoms with van der Waals surface area (Å²) in [6.07, 6.45) is 1.80. The smallest absolute Gasteiger partial charge is 0.326 e. The zero-order valence-corrected chi connectivity index (χ0v) is 19.3. The third-order valence-electron chi connectivity index (χ3n) is 5.41. The Morgan fingerprint density at radius 2 is 1.52 bits per heavy atom. The van der Waals surface area contributed by atoms with Crippen LogP contribution in [0.15, 0.2) is 30.5 Å². The highest BCUT2D eigenvalue weighted by Gasteiger charge is 2.32. The number of carboxylic acids is 1. The van der Waals surface area contributed by atoms with Crippen LogP contribution in [0.4, 0.5) is 0 Å². The monoisotopic (exact) mass is 459 g/mol. The van der Waals surface area contributed by atoms with E-state index in [0.29, 0.717) is 0 Å². The summed E-state index contributed by atoms with van der Waals surface area (Å²) in [7, 11) is 0. The molecular formula is C23H33N5O5. The predicted molar refractivity (Wildman–Crippen MR) is 124 cm³/mol. The molecule has 0 aliphatic carbocycles. The van der Waals surface area contributed by atoms with E-state index in [2.05, 4.69) is 20.9 Å². The van der Waals surface area contributed by atoms with Crippen molar-refractivity contribution in [1.29, 1.82) is 0 Å². The van der Waals surface area contributed by atoms with Gasteiger partial charge in [-0.05, 0) is 23.5 Å². The molecule has 0 radical (unpaired) electrons. The summed E-state index contributed by atoms with van der Waals surface area (Å²) in [5, 5.41) is 18.3. The third-order valence-corrected chi connectivity index (χ3v) is 5.41. The number of aliphatic carboxylic acids is 1. The minimum atomic E-state index is -1.19. The number of fused-ring (bicyclic) bond motifs is 1. The molecule has 2 rings (SSSR count). The van der Waals surface area contributed by atoms with E-state index in [4.69, 9.17) is 5.73 Å². The molecule has 0 aliphatic heterocycles. The fourth-order valence-electron chi connectivity index (χ4n) is 3.53. The summed E-state index contributed by atoms with van der Waals surface area (Å²) in [6.45, 7) is 6.73. The summed E-state index contributed by atoms with van der Waals surface area (Å²) in [5.74, 6) is -3.39. The van der Waals surface area contributed by atoms with E-state index in [1.165, 1.54) is 0 Å². The number of carbonyl (C=O) groups is 4. The normalized spacial score (nSPS) is 14.0. The van der Waals surface area contributed by atoms with Gasteiger partial charge in [-0.3, -0.25) is 14.4 Å². The molecule has 7 N–H and O–H groups in total. The van der Waals surface area contributed by atoms with Gasteiger partial charge in [0.1, 0.15) is 18.1 Å². The van der Waals surface area contributed by atoms with Gasteiger partial charge in [0, 0.05) is 23.5 Å². The molecule has 180 valence electrons. The van der Waals surface area contributed by atoms with Gasteiger partial charge in [-0.15, -0.1) is 0 Å². The van der Waals surface area contributed by atoms with Crippen molar-refractivity contribution in [3.05, 3.63) is 36.0 Å². The summed E-state index contributed by atoms with van der Waals surface area (Å²) in [4.78, 5) is 52.5. The number of hydrogen-bond acceptors (Lipinski definition) is 5. The highest BCUT2D eigenvalue weighted by atomic mass is 16.4. The molecule has 10 nitrogen and oxygen atoms in total. The van der Waals surface area contributed by atoms with Crippen molar-refractivity contribution in [2.24, 2.45) is 17.6 Å². The molecule has 0 aliphatic rings. The lowest BCUT2D eigenvalue weighted by atomic mass is 9.98. The SMILES string of the molecule is CC(C)C(NC(=O)CN)C(=O)NC(C(=O)NC(Cc1c[nH]c2ccccc12)C(=O)O)C(C)C. The van der Waals surface area contributed by atoms with Crippen LogP contribution in [0.2, 0.25) is 0 Å². The molecule has 0 bridgehead atoms. The number of aromatic nitrogens is 1. The fourth-order valence-corrected chi connectivity index (χ4v) is 3.53. The maximum atomic E-state index is 13.0. The van der Waals surface area contributed by atoms with Crippen molar-refractivity contribution in [2.45, 2.75) is 52.2 Å². The molecule has 0 saturated carbocycles. The highest BCUT2D eigenvalue weighted by molar-refractivity contribution is 5.94. The van der Waals surface area contributed by atoms with Gasteiger partial charge < -0.3 is 31.8 Å². The summed E-state index contributed by atoms with van der Waals surface area (Å²) in [5.41, 5.74) is 6.95.